The van der Waals surface area contributed by atoms with Crippen molar-refractivity contribution in [1.82, 2.24) is 9.80 Å². The van der Waals surface area contributed by atoms with E-state index in [1.165, 1.54) is 11.8 Å². The van der Waals surface area contributed by atoms with E-state index in [1.54, 1.807) is 0 Å². The Balaban J connectivity index is 2.10. The molecule has 0 aliphatic carbocycles. The van der Waals surface area contributed by atoms with Gasteiger partial charge in [0, 0.05) is 26.6 Å². The normalized spacial score (nSPS) is 17.1. The van der Waals surface area contributed by atoms with Gasteiger partial charge in [0.25, 0.3) is 5.91 Å². The lowest BCUT2D eigenvalue weighted by molar-refractivity contribution is -0.145. The maximum atomic E-state index is 13.8. The van der Waals surface area contributed by atoms with Gasteiger partial charge in [-0.2, -0.15) is 0 Å². The predicted molar refractivity (Wildman–Crippen MR) is 81.8 cm³/mol. The summed E-state index contributed by atoms with van der Waals surface area (Å²) in [6.07, 6.45) is -0.690. The van der Waals surface area contributed by atoms with Crippen LogP contribution in [0.25, 0.3) is 0 Å². The van der Waals surface area contributed by atoms with Crippen molar-refractivity contribution in [3.63, 3.8) is 0 Å². The molecule has 1 saturated heterocycles. The number of carboxylic acid groups (broad SMARTS) is 1. The molecular weight excluding hydrogens is 357 g/mol. The van der Waals surface area contributed by atoms with E-state index in [0.29, 0.717) is 6.07 Å². The monoisotopic (exact) mass is 374 g/mol. The van der Waals surface area contributed by atoms with E-state index in [4.69, 9.17) is 9.84 Å². The molecule has 10 heteroatoms. The largest absolute Gasteiger partial charge is 0.480 e. The average molecular weight is 374 g/mol. The number of amides is 2. The summed E-state index contributed by atoms with van der Waals surface area (Å²) in [5.74, 6) is -7.23. The molecule has 0 spiro atoms. The predicted octanol–water partition coefficient (Wildman–Crippen LogP) is 0.878. The maximum Gasteiger partial charge on any atom is 0.323 e. The Kier molecular flexibility index (Phi) is 6.19. The van der Waals surface area contributed by atoms with Crippen LogP contribution in [-0.2, 0) is 14.3 Å². The van der Waals surface area contributed by atoms with Crippen molar-refractivity contribution in [3.8, 4) is 0 Å². The number of halogens is 3. The number of hydrogen-bond donors (Lipinski definition) is 1. The van der Waals surface area contributed by atoms with Crippen LogP contribution < -0.4 is 0 Å². The molecule has 1 unspecified atom stereocenters. The highest BCUT2D eigenvalue weighted by molar-refractivity contribution is 5.94. The third kappa shape index (κ3) is 4.51. The molecule has 1 atom stereocenters. The van der Waals surface area contributed by atoms with Crippen LogP contribution in [0.15, 0.2) is 12.1 Å². The average Bonchev–Trinajstić information content (AvgIpc) is 2.58. The minimum atomic E-state index is -1.73. The number of carboxylic acids is 1. The zero-order valence-corrected chi connectivity index (χ0v) is 13.9. The highest BCUT2D eigenvalue weighted by Gasteiger charge is 2.30. The fraction of sp³-hybridized carbons (Fsp3) is 0.438. The Hall–Kier alpha value is -2.62. The van der Waals surface area contributed by atoms with Gasteiger partial charge in [-0.1, -0.05) is 0 Å². The molecule has 142 valence electrons. The topological polar surface area (TPSA) is 87.2 Å². The number of nitrogens with zero attached hydrogens (tertiary/aromatic N) is 2. The van der Waals surface area contributed by atoms with Crippen LogP contribution >= 0.6 is 0 Å². The second-order valence-corrected chi connectivity index (χ2v) is 5.76. The van der Waals surface area contributed by atoms with Crippen molar-refractivity contribution in [2.45, 2.75) is 13.0 Å². The standard InChI is InChI=1S/C16H17F3N2O5/c1-9(22)21(8-13(23)24)7-10-6-20(4-5-26-10)16(25)11-2-3-12(17)15(19)14(11)18/h2-3,10H,4-8H2,1H3,(H,23,24). The summed E-state index contributed by atoms with van der Waals surface area (Å²) in [7, 11) is 0. The molecular formula is C16H17F3N2O5. The number of benzene rings is 1. The van der Waals surface area contributed by atoms with Gasteiger partial charge in [0.1, 0.15) is 6.54 Å². The smallest absolute Gasteiger partial charge is 0.323 e. The van der Waals surface area contributed by atoms with Crippen LogP contribution in [0.1, 0.15) is 17.3 Å². The molecule has 7 nitrogen and oxygen atoms in total. The molecule has 26 heavy (non-hydrogen) atoms. The number of morpholine rings is 1. The van der Waals surface area contributed by atoms with Gasteiger partial charge in [0.15, 0.2) is 17.5 Å². The molecule has 1 aliphatic rings. The number of carbonyl (C=O) groups is 3. The number of rotatable bonds is 5. The number of aliphatic carboxylic acids is 1. The Morgan fingerprint density at radius 3 is 2.58 bits per heavy atom. The van der Waals surface area contributed by atoms with Crippen LogP contribution in [0.2, 0.25) is 0 Å². The van der Waals surface area contributed by atoms with Crippen LogP contribution in [0.5, 0.6) is 0 Å². The second kappa shape index (κ2) is 8.17. The number of ether oxygens (including phenoxy) is 1. The molecule has 1 heterocycles. The molecule has 2 rings (SSSR count). The maximum absolute atomic E-state index is 13.8. The summed E-state index contributed by atoms with van der Waals surface area (Å²) in [6.45, 7) is 0.700. The molecule has 1 fully saturated rings. The molecule has 0 saturated carbocycles. The lowest BCUT2D eigenvalue weighted by Gasteiger charge is -2.35. The minimum absolute atomic E-state index is 0.0549. The van der Waals surface area contributed by atoms with E-state index < -0.39 is 53.4 Å². The summed E-state index contributed by atoms with van der Waals surface area (Å²) in [5, 5.41) is 8.82. The van der Waals surface area contributed by atoms with Crippen molar-refractivity contribution in [2.75, 3.05) is 32.8 Å². The molecule has 0 aromatic heterocycles. The van der Waals surface area contributed by atoms with E-state index >= 15 is 0 Å². The van der Waals surface area contributed by atoms with E-state index in [9.17, 15) is 27.6 Å². The zero-order valence-electron chi connectivity index (χ0n) is 13.9. The summed E-state index contributed by atoms with van der Waals surface area (Å²) in [4.78, 5) is 36.9. The van der Waals surface area contributed by atoms with E-state index in [0.717, 1.165) is 11.0 Å². The molecule has 1 aromatic carbocycles. The van der Waals surface area contributed by atoms with E-state index in [1.807, 2.05) is 0 Å². The van der Waals surface area contributed by atoms with Gasteiger partial charge in [0.05, 0.1) is 18.3 Å². The van der Waals surface area contributed by atoms with Crippen molar-refractivity contribution >= 4 is 17.8 Å². The first-order valence-corrected chi connectivity index (χ1v) is 7.72. The summed E-state index contributed by atoms with van der Waals surface area (Å²) >= 11 is 0. The third-order valence-corrected chi connectivity index (χ3v) is 3.89. The first-order chi connectivity index (χ1) is 12.2. The Morgan fingerprint density at radius 1 is 1.27 bits per heavy atom. The van der Waals surface area contributed by atoms with Crippen LogP contribution in [0, 0.1) is 17.5 Å². The van der Waals surface area contributed by atoms with Gasteiger partial charge in [-0.05, 0) is 12.1 Å². The highest BCUT2D eigenvalue weighted by atomic mass is 19.2. The Labute approximate surface area is 146 Å². The van der Waals surface area contributed by atoms with Crippen molar-refractivity contribution in [3.05, 3.63) is 35.1 Å². The molecule has 1 aliphatic heterocycles. The van der Waals surface area contributed by atoms with Crippen LogP contribution in [0.4, 0.5) is 13.2 Å². The molecule has 1 N–H and O–H groups in total. The van der Waals surface area contributed by atoms with Gasteiger partial charge in [-0.15, -0.1) is 0 Å². The fourth-order valence-electron chi connectivity index (χ4n) is 2.59. The lowest BCUT2D eigenvalue weighted by atomic mass is 10.1. The second-order valence-electron chi connectivity index (χ2n) is 5.76. The lowest BCUT2D eigenvalue weighted by Crippen LogP contribution is -2.51. The number of carbonyl (C=O) groups excluding carboxylic acids is 2. The van der Waals surface area contributed by atoms with Gasteiger partial charge in [-0.25, -0.2) is 13.2 Å². The van der Waals surface area contributed by atoms with Crippen LogP contribution in [0.3, 0.4) is 0 Å². The van der Waals surface area contributed by atoms with Crippen molar-refractivity contribution in [1.29, 1.82) is 0 Å². The van der Waals surface area contributed by atoms with Crippen LogP contribution in [-0.4, -0.2) is 71.6 Å². The summed E-state index contributed by atoms with van der Waals surface area (Å²) in [6, 6.07) is 1.51. The molecule has 2 amide bonds. The molecule has 1 aromatic rings. The quantitative estimate of drug-likeness (QED) is 0.773. The fourth-order valence-corrected chi connectivity index (χ4v) is 2.59. The van der Waals surface area contributed by atoms with Gasteiger partial charge in [-0.3, -0.25) is 14.4 Å². The summed E-state index contributed by atoms with van der Waals surface area (Å²) < 4.78 is 45.6. The first-order valence-electron chi connectivity index (χ1n) is 7.72. The number of hydrogen-bond acceptors (Lipinski definition) is 4. The first kappa shape index (κ1) is 19.7. The Morgan fingerprint density at radius 2 is 1.96 bits per heavy atom. The van der Waals surface area contributed by atoms with Crippen molar-refractivity contribution < 1.29 is 37.4 Å². The molecule has 0 bridgehead atoms. The highest BCUT2D eigenvalue weighted by Crippen LogP contribution is 2.18. The minimum Gasteiger partial charge on any atom is -0.480 e. The molecule has 0 radical (unpaired) electrons. The van der Waals surface area contributed by atoms with E-state index in [-0.39, 0.29) is 26.2 Å². The summed E-state index contributed by atoms with van der Waals surface area (Å²) in [5.41, 5.74) is -0.612. The SMILES string of the molecule is CC(=O)N(CC(=O)O)CC1CN(C(=O)c2ccc(F)c(F)c2F)CCO1. The van der Waals surface area contributed by atoms with Crippen molar-refractivity contribution in [2.24, 2.45) is 0 Å². The third-order valence-electron chi connectivity index (χ3n) is 3.89. The van der Waals surface area contributed by atoms with E-state index in [2.05, 4.69) is 0 Å². The van der Waals surface area contributed by atoms with Gasteiger partial charge in [0.2, 0.25) is 5.91 Å². The van der Waals surface area contributed by atoms with Gasteiger partial charge >= 0.3 is 5.97 Å². The zero-order chi connectivity index (χ0) is 19.4. The Bertz CT molecular complexity index is 728. The van der Waals surface area contributed by atoms with Gasteiger partial charge < -0.3 is 19.6 Å².